The van der Waals surface area contributed by atoms with Crippen molar-refractivity contribution in [2.75, 3.05) is 0 Å². The lowest BCUT2D eigenvalue weighted by atomic mass is 11.1. The Labute approximate surface area is 44.5 Å². The summed E-state index contributed by atoms with van der Waals surface area (Å²) in [6, 6.07) is 0. The maximum absolute atomic E-state index is 9.70. The largest absolute Gasteiger partial charge is 0.268 e. The van der Waals surface area contributed by atoms with E-state index in [9.17, 15) is 10.1 Å². The van der Waals surface area contributed by atoms with Crippen LogP contribution >= 0.6 is 0 Å². The molecular weight excluding hydrogens is 114 g/mol. The maximum Gasteiger partial charge on any atom is 0.245 e. The number of hydrogen-bond acceptors (Lipinski definition) is 5. The Morgan fingerprint density at radius 1 is 2.00 bits per heavy atom. The molecule has 1 heterocycles. The maximum atomic E-state index is 9.70. The van der Waals surface area contributed by atoms with Gasteiger partial charge in [0.2, 0.25) is 6.29 Å². The fourth-order valence-corrected chi connectivity index (χ4v) is 0.341. The van der Waals surface area contributed by atoms with Gasteiger partial charge in [0.1, 0.15) is 0 Å². The molecule has 0 amide bonds. The van der Waals surface area contributed by atoms with Gasteiger partial charge >= 0.3 is 0 Å². The minimum atomic E-state index is -0.593. The van der Waals surface area contributed by atoms with E-state index in [-0.39, 0.29) is 0 Å². The van der Waals surface area contributed by atoms with Crippen molar-refractivity contribution >= 4 is 0 Å². The second-order valence-electron chi connectivity index (χ2n) is 1.28. The summed E-state index contributed by atoms with van der Waals surface area (Å²) < 4.78 is 0. The number of nitrogens with zero attached hydrogens (tertiary/aromatic N) is 2. The molecule has 1 rings (SSSR count). The Balaban J connectivity index is 2.26. The molecule has 1 aliphatic heterocycles. The summed E-state index contributed by atoms with van der Waals surface area (Å²) in [6.45, 7) is 0. The first-order chi connectivity index (χ1) is 3.75. The molecule has 4 N–H and O–H groups in total. The third kappa shape index (κ3) is 0.689. The van der Waals surface area contributed by atoms with Gasteiger partial charge < -0.3 is 0 Å². The van der Waals surface area contributed by atoms with Crippen molar-refractivity contribution in [2.45, 2.75) is 6.29 Å². The number of hydrazine groups is 3. The molecule has 0 aromatic heterocycles. The minimum Gasteiger partial charge on any atom is -0.268 e. The van der Waals surface area contributed by atoms with Crippen LogP contribution < -0.4 is 16.7 Å². The van der Waals surface area contributed by atoms with Gasteiger partial charge in [-0.2, -0.15) is 0 Å². The van der Waals surface area contributed by atoms with E-state index in [4.69, 9.17) is 5.84 Å². The highest BCUT2D eigenvalue weighted by atomic mass is 16.7. The van der Waals surface area contributed by atoms with Gasteiger partial charge in [-0.05, 0) is 5.12 Å². The first-order valence-corrected chi connectivity index (χ1v) is 1.91. The molecule has 0 aromatic rings. The zero-order valence-electron chi connectivity index (χ0n) is 3.87. The second-order valence-corrected chi connectivity index (χ2v) is 1.28. The summed E-state index contributed by atoms with van der Waals surface area (Å²) in [5.74, 6) is 4.80. The standard InChI is InChI=1S/CH5N5O2/c2-3-1-4-5(1)6(7)8/h1,3-4H,2H2. The van der Waals surface area contributed by atoms with Gasteiger partial charge in [0, 0.05) is 0 Å². The minimum absolute atomic E-state index is 0.495. The lowest BCUT2D eigenvalue weighted by Gasteiger charge is -1.85. The monoisotopic (exact) mass is 119 g/mol. The van der Waals surface area contributed by atoms with Gasteiger partial charge in [0.25, 0.3) is 0 Å². The summed E-state index contributed by atoms with van der Waals surface area (Å²) in [6.07, 6.45) is -0.495. The van der Waals surface area contributed by atoms with Gasteiger partial charge in [-0.15, -0.1) is 5.43 Å². The van der Waals surface area contributed by atoms with E-state index in [0.29, 0.717) is 0 Å². The highest BCUT2D eigenvalue weighted by Gasteiger charge is 2.42. The number of rotatable bonds is 2. The molecule has 0 radical (unpaired) electrons. The molecule has 7 heteroatoms. The van der Waals surface area contributed by atoms with Gasteiger partial charge in [-0.3, -0.25) is 5.84 Å². The van der Waals surface area contributed by atoms with Crippen molar-refractivity contribution in [3.63, 3.8) is 0 Å². The Kier molecular flexibility index (Phi) is 1.01. The quantitative estimate of drug-likeness (QED) is 0.164. The average Bonchev–Trinajstić information content (AvgIpc) is 2.42. The van der Waals surface area contributed by atoms with Crippen LogP contribution in [-0.2, 0) is 0 Å². The van der Waals surface area contributed by atoms with Crippen molar-refractivity contribution in [2.24, 2.45) is 5.84 Å². The van der Waals surface area contributed by atoms with Crippen LogP contribution in [0.5, 0.6) is 0 Å². The van der Waals surface area contributed by atoms with Gasteiger partial charge in [0.15, 0.2) is 5.03 Å². The zero-order valence-corrected chi connectivity index (χ0v) is 3.87. The van der Waals surface area contributed by atoms with E-state index >= 15 is 0 Å². The van der Waals surface area contributed by atoms with Crippen LogP contribution in [0.25, 0.3) is 0 Å². The molecular formula is CH5N5O2. The van der Waals surface area contributed by atoms with Crippen molar-refractivity contribution < 1.29 is 5.03 Å². The van der Waals surface area contributed by atoms with Crippen LogP contribution in [-0.4, -0.2) is 16.4 Å². The Morgan fingerprint density at radius 3 is 2.75 bits per heavy atom. The molecule has 0 spiro atoms. The molecule has 0 aliphatic carbocycles. The molecule has 1 fully saturated rings. The SMILES string of the molecule is NNC1NN1[N+](=O)[O-]. The predicted octanol–water partition coefficient (Wildman–Crippen LogP) is -2.25. The molecule has 1 aliphatic rings. The summed E-state index contributed by atoms with van der Waals surface area (Å²) in [4.78, 5) is 9.70. The van der Waals surface area contributed by atoms with Crippen LogP contribution in [0.1, 0.15) is 0 Å². The Bertz CT molecular complexity index is 113. The highest BCUT2D eigenvalue weighted by molar-refractivity contribution is 4.61. The number of hydrogen-bond donors (Lipinski definition) is 3. The molecule has 1 atom stereocenters. The average molecular weight is 119 g/mol. The van der Waals surface area contributed by atoms with Gasteiger partial charge in [0.05, 0.1) is 0 Å². The third-order valence-electron chi connectivity index (χ3n) is 0.765. The fraction of sp³-hybridized carbons (Fsp3) is 1.00. The van der Waals surface area contributed by atoms with Crippen LogP contribution in [0, 0.1) is 10.1 Å². The smallest absolute Gasteiger partial charge is 0.245 e. The lowest BCUT2D eigenvalue weighted by Crippen LogP contribution is -2.30. The van der Waals surface area contributed by atoms with Crippen molar-refractivity contribution in [1.29, 1.82) is 0 Å². The normalized spacial score (nSPS) is 25.6. The third-order valence-corrected chi connectivity index (χ3v) is 0.765. The van der Waals surface area contributed by atoms with E-state index in [1.165, 1.54) is 0 Å². The van der Waals surface area contributed by atoms with E-state index in [1.54, 1.807) is 0 Å². The van der Waals surface area contributed by atoms with Crippen LogP contribution in [0.2, 0.25) is 0 Å². The van der Waals surface area contributed by atoms with Crippen LogP contribution in [0.15, 0.2) is 0 Å². The highest BCUT2D eigenvalue weighted by Crippen LogP contribution is 2.01. The fourth-order valence-electron chi connectivity index (χ4n) is 0.341. The summed E-state index contributed by atoms with van der Waals surface area (Å²) in [5, 5.41) is 9.86. The first-order valence-electron chi connectivity index (χ1n) is 1.91. The zero-order chi connectivity index (χ0) is 6.15. The summed E-state index contributed by atoms with van der Waals surface area (Å²) in [7, 11) is 0. The van der Waals surface area contributed by atoms with E-state index in [0.717, 1.165) is 5.12 Å². The molecule has 46 valence electrons. The van der Waals surface area contributed by atoms with E-state index in [1.807, 2.05) is 0 Å². The topological polar surface area (TPSA) is 106 Å². The van der Waals surface area contributed by atoms with Crippen LogP contribution in [0.4, 0.5) is 0 Å². The molecule has 1 saturated heterocycles. The summed E-state index contributed by atoms with van der Waals surface area (Å²) in [5.41, 5.74) is 4.46. The van der Waals surface area contributed by atoms with Gasteiger partial charge in [-0.1, -0.05) is 0 Å². The molecule has 8 heavy (non-hydrogen) atoms. The molecule has 0 bridgehead atoms. The Morgan fingerprint density at radius 2 is 2.62 bits per heavy atom. The number of nitrogens with two attached hydrogens (primary N) is 1. The molecule has 1 unspecified atom stereocenters. The van der Waals surface area contributed by atoms with Crippen molar-refractivity contribution in [3.8, 4) is 0 Å². The van der Waals surface area contributed by atoms with Crippen molar-refractivity contribution in [3.05, 3.63) is 10.1 Å². The lowest BCUT2D eigenvalue weighted by molar-refractivity contribution is -0.627. The molecule has 7 nitrogen and oxygen atoms in total. The van der Waals surface area contributed by atoms with E-state index in [2.05, 4.69) is 10.9 Å². The van der Waals surface area contributed by atoms with Crippen molar-refractivity contribution in [1.82, 2.24) is 16.0 Å². The Hall–Kier alpha value is -0.920. The van der Waals surface area contributed by atoms with Gasteiger partial charge in [-0.25, -0.2) is 15.5 Å². The summed E-state index contributed by atoms with van der Waals surface area (Å²) >= 11 is 0. The van der Waals surface area contributed by atoms with E-state index < -0.39 is 11.3 Å². The first kappa shape index (κ1) is 5.22. The second kappa shape index (κ2) is 1.54. The van der Waals surface area contributed by atoms with Crippen LogP contribution in [0.3, 0.4) is 0 Å². The number of nitrogens with one attached hydrogen (secondary N) is 2. The molecule has 0 saturated carbocycles. The number of nitro groups is 1. The molecule has 0 aromatic carbocycles. The predicted molar refractivity (Wildman–Crippen MR) is 23.1 cm³/mol.